The van der Waals surface area contributed by atoms with E-state index < -0.39 is 0 Å². The number of nitrogens with two attached hydrogens (primary N) is 1. The molecule has 0 amide bonds. The highest BCUT2D eigenvalue weighted by atomic mass is 79.9. The highest BCUT2D eigenvalue weighted by molar-refractivity contribution is 9.10. The largest absolute Gasteiger partial charge is 0.495 e. The molecule has 4 heteroatoms. The normalized spacial score (nSPS) is 23.6. The molecule has 2 N–H and O–H groups in total. The van der Waals surface area contributed by atoms with Gasteiger partial charge in [-0.2, -0.15) is 0 Å². The van der Waals surface area contributed by atoms with E-state index in [0.717, 1.165) is 29.7 Å². The molecule has 1 aromatic carbocycles. The van der Waals surface area contributed by atoms with E-state index in [1.807, 2.05) is 0 Å². The molecule has 0 saturated carbocycles. The lowest BCUT2D eigenvalue weighted by molar-refractivity contribution is 0.313. The Hall–Kier alpha value is -0.580. The molecule has 1 aromatic rings. The molecule has 2 atom stereocenters. The van der Waals surface area contributed by atoms with Gasteiger partial charge in [0.2, 0.25) is 0 Å². The van der Waals surface area contributed by atoms with Gasteiger partial charge >= 0.3 is 0 Å². The first kappa shape index (κ1) is 15.8. The van der Waals surface area contributed by atoms with Crippen LogP contribution in [0, 0.1) is 5.92 Å². The van der Waals surface area contributed by atoms with Crippen molar-refractivity contribution in [2.45, 2.75) is 32.2 Å². The molecule has 0 radical (unpaired) electrons. The predicted molar refractivity (Wildman–Crippen MR) is 87.3 cm³/mol. The first-order chi connectivity index (χ1) is 9.47. The van der Waals surface area contributed by atoms with E-state index in [9.17, 15) is 0 Å². The molecular formula is C16H25BrN2O. The van der Waals surface area contributed by atoms with Gasteiger partial charge < -0.3 is 10.5 Å². The van der Waals surface area contributed by atoms with Crippen molar-refractivity contribution < 1.29 is 4.74 Å². The van der Waals surface area contributed by atoms with Crippen molar-refractivity contribution in [3.05, 3.63) is 27.7 Å². The van der Waals surface area contributed by atoms with Crippen molar-refractivity contribution in [3.8, 4) is 5.75 Å². The average molecular weight is 341 g/mol. The summed E-state index contributed by atoms with van der Waals surface area (Å²) in [6.07, 6.45) is 1.14. The fourth-order valence-electron chi connectivity index (χ4n) is 3.14. The van der Waals surface area contributed by atoms with Crippen molar-refractivity contribution in [2.24, 2.45) is 11.7 Å². The third-order valence-corrected chi connectivity index (χ3v) is 4.86. The quantitative estimate of drug-likeness (QED) is 0.911. The Labute approximate surface area is 130 Å². The summed E-state index contributed by atoms with van der Waals surface area (Å²) in [7, 11) is 3.92. The fourth-order valence-corrected chi connectivity index (χ4v) is 3.79. The summed E-state index contributed by atoms with van der Waals surface area (Å²) >= 11 is 3.66. The van der Waals surface area contributed by atoms with Crippen molar-refractivity contribution >= 4 is 15.9 Å². The fraction of sp³-hybridized carbons (Fsp3) is 0.625. The summed E-state index contributed by atoms with van der Waals surface area (Å²) in [5.41, 5.74) is 8.46. The van der Waals surface area contributed by atoms with Gasteiger partial charge in [-0.3, -0.25) is 4.90 Å². The van der Waals surface area contributed by atoms with E-state index in [-0.39, 0.29) is 0 Å². The molecule has 1 aliphatic rings. The SMILES string of the molecule is COc1c(Br)cc(C2CC(CN)CN2C)cc1C(C)C. The molecule has 1 heterocycles. The number of hydrogen-bond donors (Lipinski definition) is 1. The highest BCUT2D eigenvalue weighted by Gasteiger charge is 2.30. The molecule has 0 bridgehead atoms. The van der Waals surface area contributed by atoms with Gasteiger partial charge in [0.25, 0.3) is 0 Å². The van der Waals surface area contributed by atoms with Crippen LogP contribution in [0.4, 0.5) is 0 Å². The zero-order valence-electron chi connectivity index (χ0n) is 12.8. The van der Waals surface area contributed by atoms with Crippen LogP contribution in [-0.2, 0) is 0 Å². The summed E-state index contributed by atoms with van der Waals surface area (Å²) in [5, 5.41) is 0. The molecule has 3 nitrogen and oxygen atoms in total. The van der Waals surface area contributed by atoms with Gasteiger partial charge in [0.15, 0.2) is 0 Å². The second-order valence-electron chi connectivity index (χ2n) is 6.07. The Morgan fingerprint density at radius 3 is 2.65 bits per heavy atom. The summed E-state index contributed by atoms with van der Waals surface area (Å²) in [6.45, 7) is 6.27. The van der Waals surface area contributed by atoms with E-state index in [0.29, 0.717) is 17.9 Å². The summed E-state index contributed by atoms with van der Waals surface area (Å²) in [6, 6.07) is 4.96. The Balaban J connectivity index is 2.38. The number of methoxy groups -OCH3 is 1. The molecule has 112 valence electrons. The van der Waals surface area contributed by atoms with E-state index in [1.165, 1.54) is 11.1 Å². The van der Waals surface area contributed by atoms with Gasteiger partial charge in [-0.1, -0.05) is 19.9 Å². The number of likely N-dealkylation sites (tertiary alicyclic amines) is 1. The van der Waals surface area contributed by atoms with Gasteiger partial charge in [0.05, 0.1) is 11.6 Å². The summed E-state index contributed by atoms with van der Waals surface area (Å²) in [5.74, 6) is 2.01. The molecule has 0 aliphatic carbocycles. The Morgan fingerprint density at radius 1 is 1.45 bits per heavy atom. The average Bonchev–Trinajstić information content (AvgIpc) is 2.79. The topological polar surface area (TPSA) is 38.5 Å². The summed E-state index contributed by atoms with van der Waals surface area (Å²) < 4.78 is 6.59. The number of halogens is 1. The van der Waals surface area contributed by atoms with Crippen molar-refractivity contribution in [2.75, 3.05) is 27.2 Å². The molecule has 1 aliphatic heterocycles. The van der Waals surface area contributed by atoms with Crippen molar-refractivity contribution in [3.63, 3.8) is 0 Å². The van der Waals surface area contributed by atoms with Gasteiger partial charge in [0.1, 0.15) is 5.75 Å². The zero-order chi connectivity index (χ0) is 14.9. The van der Waals surface area contributed by atoms with E-state index >= 15 is 0 Å². The zero-order valence-corrected chi connectivity index (χ0v) is 14.4. The number of nitrogens with zero attached hydrogens (tertiary/aromatic N) is 1. The van der Waals surface area contributed by atoms with E-state index in [1.54, 1.807) is 7.11 Å². The van der Waals surface area contributed by atoms with Crippen LogP contribution in [0.2, 0.25) is 0 Å². The summed E-state index contributed by atoms with van der Waals surface area (Å²) in [4.78, 5) is 2.41. The molecular weight excluding hydrogens is 316 g/mol. The molecule has 0 spiro atoms. The maximum atomic E-state index is 5.83. The van der Waals surface area contributed by atoms with Crippen LogP contribution < -0.4 is 10.5 Å². The van der Waals surface area contributed by atoms with Crippen LogP contribution in [0.3, 0.4) is 0 Å². The number of ether oxygens (including phenoxy) is 1. The number of rotatable bonds is 4. The standard InChI is InChI=1S/C16H25BrN2O/c1-10(2)13-6-12(7-14(17)16(13)20-4)15-5-11(8-18)9-19(15)3/h6-7,10-11,15H,5,8-9,18H2,1-4H3. The van der Waals surface area contributed by atoms with Crippen LogP contribution in [0.1, 0.15) is 43.4 Å². The highest BCUT2D eigenvalue weighted by Crippen LogP contribution is 2.40. The van der Waals surface area contributed by atoms with E-state index in [4.69, 9.17) is 10.5 Å². The molecule has 1 fully saturated rings. The molecule has 1 saturated heterocycles. The van der Waals surface area contributed by atoms with E-state index in [2.05, 4.69) is 53.9 Å². The van der Waals surface area contributed by atoms with Crippen LogP contribution in [0.15, 0.2) is 16.6 Å². The lowest BCUT2D eigenvalue weighted by Gasteiger charge is -2.23. The van der Waals surface area contributed by atoms with Crippen LogP contribution >= 0.6 is 15.9 Å². The number of benzene rings is 1. The van der Waals surface area contributed by atoms with Gasteiger partial charge in [-0.05, 0) is 65.0 Å². The molecule has 0 aromatic heterocycles. The maximum absolute atomic E-state index is 5.83. The molecule has 20 heavy (non-hydrogen) atoms. The lowest BCUT2D eigenvalue weighted by atomic mass is 9.94. The molecule has 2 rings (SSSR count). The van der Waals surface area contributed by atoms with Crippen LogP contribution in [0.5, 0.6) is 5.75 Å². The van der Waals surface area contributed by atoms with Crippen molar-refractivity contribution in [1.82, 2.24) is 4.90 Å². The van der Waals surface area contributed by atoms with Crippen LogP contribution in [-0.4, -0.2) is 32.1 Å². The van der Waals surface area contributed by atoms with Crippen LogP contribution in [0.25, 0.3) is 0 Å². The third-order valence-electron chi connectivity index (χ3n) is 4.27. The third kappa shape index (κ3) is 3.02. The second kappa shape index (κ2) is 6.46. The Kier molecular flexibility index (Phi) is 5.10. The second-order valence-corrected chi connectivity index (χ2v) is 6.93. The van der Waals surface area contributed by atoms with Gasteiger partial charge in [0, 0.05) is 12.6 Å². The first-order valence-electron chi connectivity index (χ1n) is 7.25. The maximum Gasteiger partial charge on any atom is 0.136 e. The predicted octanol–water partition coefficient (Wildman–Crippen LogP) is 3.53. The monoisotopic (exact) mass is 340 g/mol. The van der Waals surface area contributed by atoms with Gasteiger partial charge in [-0.25, -0.2) is 0 Å². The Morgan fingerprint density at radius 2 is 2.15 bits per heavy atom. The molecule has 2 unspecified atom stereocenters. The minimum absolute atomic E-state index is 0.443. The Bertz CT molecular complexity index is 476. The first-order valence-corrected chi connectivity index (χ1v) is 8.04. The number of hydrogen-bond acceptors (Lipinski definition) is 3. The minimum Gasteiger partial charge on any atom is -0.495 e. The smallest absolute Gasteiger partial charge is 0.136 e. The lowest BCUT2D eigenvalue weighted by Crippen LogP contribution is -2.20. The minimum atomic E-state index is 0.443. The van der Waals surface area contributed by atoms with Crippen molar-refractivity contribution in [1.29, 1.82) is 0 Å². The van der Waals surface area contributed by atoms with Gasteiger partial charge in [-0.15, -0.1) is 0 Å².